The van der Waals surface area contributed by atoms with E-state index in [4.69, 9.17) is 62.7 Å². The van der Waals surface area contributed by atoms with E-state index in [1.54, 1.807) is 12.1 Å². The Balaban J connectivity index is 2.91. The van der Waals surface area contributed by atoms with Crippen LogP contribution >= 0.6 is 58.0 Å². The second-order valence-electron chi connectivity index (χ2n) is 3.68. The highest BCUT2D eigenvalue weighted by Gasteiger charge is 2.19. The molecule has 1 rings (SSSR count). The zero-order valence-electron chi connectivity index (χ0n) is 9.53. The number of hydrogen-bond donors (Lipinski definition) is 2. The lowest BCUT2D eigenvalue weighted by Crippen LogP contribution is -2.33. The highest BCUT2D eigenvalue weighted by molar-refractivity contribution is 6.67. The minimum absolute atomic E-state index is 0.0161. The van der Waals surface area contributed by atoms with Crippen LogP contribution < -0.4 is 15.6 Å². The van der Waals surface area contributed by atoms with Crippen molar-refractivity contribution < 1.29 is 4.74 Å². The monoisotopic (exact) mass is 350 g/mol. The summed E-state index contributed by atoms with van der Waals surface area (Å²) in [6.07, 6.45) is -0.0161. The molecule has 0 aromatic heterocycles. The van der Waals surface area contributed by atoms with Crippen molar-refractivity contribution in [2.24, 2.45) is 0 Å². The second kappa shape index (κ2) is 6.60. The molecular formula is C10H11Cl5N2O. The van der Waals surface area contributed by atoms with Crippen molar-refractivity contribution >= 4 is 63.7 Å². The molecule has 1 aromatic rings. The van der Waals surface area contributed by atoms with Crippen molar-refractivity contribution in [3.05, 3.63) is 22.2 Å². The van der Waals surface area contributed by atoms with Gasteiger partial charge in [0.25, 0.3) is 3.92 Å². The first-order valence-electron chi connectivity index (χ1n) is 4.94. The van der Waals surface area contributed by atoms with E-state index in [0.717, 1.165) is 0 Å². The molecule has 0 radical (unpaired) electrons. The summed E-state index contributed by atoms with van der Waals surface area (Å²) in [6, 6.07) is 3.16. The summed E-state index contributed by atoms with van der Waals surface area (Å²) >= 11 is 28.6. The van der Waals surface area contributed by atoms with E-state index in [1.807, 2.05) is 13.8 Å². The van der Waals surface area contributed by atoms with Gasteiger partial charge >= 0.3 is 0 Å². The van der Waals surface area contributed by atoms with Crippen LogP contribution in [0.2, 0.25) is 10.0 Å². The van der Waals surface area contributed by atoms with Crippen LogP contribution in [0.25, 0.3) is 0 Å². The van der Waals surface area contributed by atoms with Crippen LogP contribution in [0.15, 0.2) is 12.1 Å². The molecule has 1 aromatic carbocycles. The van der Waals surface area contributed by atoms with Gasteiger partial charge in [-0.05, 0) is 19.9 Å². The number of halogens is 5. The number of ether oxygens (including phenoxy) is 1. The van der Waals surface area contributed by atoms with Crippen molar-refractivity contribution in [2.45, 2.75) is 23.9 Å². The Morgan fingerprint density at radius 1 is 1.11 bits per heavy atom. The predicted molar refractivity (Wildman–Crippen MR) is 79.3 cm³/mol. The number of alkyl halides is 3. The quantitative estimate of drug-likeness (QED) is 0.453. The molecule has 0 saturated carbocycles. The number of hydrazine groups is 1. The second-order valence-corrected chi connectivity index (χ2v) is 6.77. The van der Waals surface area contributed by atoms with Crippen molar-refractivity contribution in [3.63, 3.8) is 0 Å². The normalized spacial score (nSPS) is 11.8. The van der Waals surface area contributed by atoms with Crippen molar-refractivity contribution in [3.8, 4) is 5.75 Å². The minimum Gasteiger partial charge on any atom is -0.489 e. The molecule has 0 bridgehead atoms. The lowest BCUT2D eigenvalue weighted by atomic mass is 10.3. The number of anilines is 1. The van der Waals surface area contributed by atoms with Gasteiger partial charge in [0, 0.05) is 6.07 Å². The van der Waals surface area contributed by atoms with Gasteiger partial charge in [-0.15, -0.1) is 0 Å². The van der Waals surface area contributed by atoms with Crippen LogP contribution in [-0.4, -0.2) is 10.0 Å². The van der Waals surface area contributed by atoms with Crippen molar-refractivity contribution in [2.75, 3.05) is 5.43 Å². The Kier molecular flexibility index (Phi) is 5.97. The fourth-order valence-corrected chi connectivity index (χ4v) is 1.72. The van der Waals surface area contributed by atoms with Crippen LogP contribution in [0, 0.1) is 0 Å². The van der Waals surface area contributed by atoms with Gasteiger partial charge in [0.2, 0.25) is 0 Å². The smallest absolute Gasteiger partial charge is 0.261 e. The first kappa shape index (κ1) is 16.3. The molecular weight excluding hydrogens is 341 g/mol. The molecule has 18 heavy (non-hydrogen) atoms. The van der Waals surface area contributed by atoms with Gasteiger partial charge in [-0.2, -0.15) is 5.43 Å². The highest BCUT2D eigenvalue weighted by Crippen LogP contribution is 2.35. The van der Waals surface area contributed by atoms with Gasteiger partial charge in [-0.3, -0.25) is 0 Å². The third kappa shape index (κ3) is 5.47. The Bertz CT molecular complexity index is 419. The third-order valence-corrected chi connectivity index (χ3v) is 2.61. The Labute approximate surface area is 131 Å². The molecule has 0 fully saturated rings. The van der Waals surface area contributed by atoms with Gasteiger partial charge in [-0.1, -0.05) is 58.0 Å². The van der Waals surface area contributed by atoms with Gasteiger partial charge < -0.3 is 10.2 Å². The topological polar surface area (TPSA) is 33.3 Å². The maximum Gasteiger partial charge on any atom is 0.261 e. The Morgan fingerprint density at radius 3 is 2.22 bits per heavy atom. The first-order chi connectivity index (χ1) is 8.19. The zero-order chi connectivity index (χ0) is 13.9. The van der Waals surface area contributed by atoms with Crippen LogP contribution in [0.5, 0.6) is 5.75 Å². The maximum atomic E-state index is 6.00. The molecule has 0 aliphatic carbocycles. The van der Waals surface area contributed by atoms with Crippen LogP contribution in [0.1, 0.15) is 13.8 Å². The molecule has 3 nitrogen and oxygen atoms in total. The lowest BCUT2D eigenvalue weighted by Gasteiger charge is -2.18. The van der Waals surface area contributed by atoms with E-state index in [-0.39, 0.29) is 6.10 Å². The fraction of sp³-hybridized carbons (Fsp3) is 0.400. The average Bonchev–Trinajstić information content (AvgIpc) is 2.18. The summed E-state index contributed by atoms with van der Waals surface area (Å²) in [6.45, 7) is 3.77. The van der Waals surface area contributed by atoms with E-state index in [9.17, 15) is 0 Å². The number of rotatable bonds is 4. The molecule has 0 amide bonds. The fourth-order valence-electron chi connectivity index (χ4n) is 1.11. The SMILES string of the molecule is CC(C)Oc1cc(NNC(Cl)(Cl)Cl)c(Cl)cc1Cl. The highest BCUT2D eigenvalue weighted by atomic mass is 35.6. The van der Waals surface area contributed by atoms with Crippen molar-refractivity contribution in [1.82, 2.24) is 5.43 Å². The summed E-state index contributed by atoms with van der Waals surface area (Å²) in [5.74, 6) is 0.490. The number of nitrogens with one attached hydrogen (secondary N) is 2. The molecule has 0 atom stereocenters. The summed E-state index contributed by atoms with van der Waals surface area (Å²) in [7, 11) is 0. The average molecular weight is 352 g/mol. The zero-order valence-corrected chi connectivity index (χ0v) is 13.3. The summed E-state index contributed by atoms with van der Waals surface area (Å²) in [4.78, 5) is 0. The molecule has 2 N–H and O–H groups in total. The third-order valence-electron chi connectivity index (χ3n) is 1.72. The molecule has 8 heteroatoms. The van der Waals surface area contributed by atoms with Gasteiger partial charge in [0.15, 0.2) is 0 Å². The van der Waals surface area contributed by atoms with Crippen LogP contribution in [0.4, 0.5) is 5.69 Å². The van der Waals surface area contributed by atoms with Crippen LogP contribution in [-0.2, 0) is 0 Å². The number of benzene rings is 1. The molecule has 0 spiro atoms. The lowest BCUT2D eigenvalue weighted by molar-refractivity contribution is 0.242. The maximum absolute atomic E-state index is 6.00. The van der Waals surface area contributed by atoms with E-state index in [2.05, 4.69) is 10.9 Å². The minimum atomic E-state index is -1.65. The van der Waals surface area contributed by atoms with E-state index in [1.165, 1.54) is 0 Å². The molecule has 0 unspecified atom stereocenters. The summed E-state index contributed by atoms with van der Waals surface area (Å²) in [5, 5.41) is 0.783. The summed E-state index contributed by atoms with van der Waals surface area (Å²) in [5.41, 5.74) is 5.61. The molecule has 102 valence electrons. The van der Waals surface area contributed by atoms with E-state index >= 15 is 0 Å². The molecule has 0 aliphatic rings. The largest absolute Gasteiger partial charge is 0.489 e. The summed E-state index contributed by atoms with van der Waals surface area (Å²) < 4.78 is 3.86. The van der Waals surface area contributed by atoms with Crippen LogP contribution in [0.3, 0.4) is 0 Å². The Morgan fingerprint density at radius 2 is 1.72 bits per heavy atom. The molecule has 0 aliphatic heterocycles. The standard InChI is InChI=1S/C10H11Cl5N2O/c1-5(2)18-9-4-8(6(11)3-7(9)12)16-17-10(13,14)15/h3-5,16-17H,1-2H3. The van der Waals surface area contributed by atoms with Gasteiger partial charge in [-0.25, -0.2) is 0 Å². The van der Waals surface area contributed by atoms with E-state index < -0.39 is 3.92 Å². The first-order valence-corrected chi connectivity index (χ1v) is 6.83. The van der Waals surface area contributed by atoms with Crippen molar-refractivity contribution in [1.29, 1.82) is 0 Å². The molecule has 0 heterocycles. The van der Waals surface area contributed by atoms with Gasteiger partial charge in [0.05, 0.1) is 21.8 Å². The molecule has 0 saturated heterocycles. The van der Waals surface area contributed by atoms with E-state index in [0.29, 0.717) is 21.5 Å². The van der Waals surface area contributed by atoms with Gasteiger partial charge in [0.1, 0.15) is 5.75 Å². The predicted octanol–water partition coefficient (Wildman–Crippen LogP) is 5.02. The Hall–Kier alpha value is 0.230. The number of hydrogen-bond acceptors (Lipinski definition) is 3.